The lowest BCUT2D eigenvalue weighted by atomic mass is 10.1. The minimum atomic E-state index is -0.605. The highest BCUT2D eigenvalue weighted by molar-refractivity contribution is 6.30. The fourth-order valence-corrected chi connectivity index (χ4v) is 4.71. The van der Waals surface area contributed by atoms with Crippen LogP contribution in [-0.4, -0.2) is 39.1 Å². The van der Waals surface area contributed by atoms with Gasteiger partial charge in [-0.05, 0) is 87.2 Å². The lowest BCUT2D eigenvalue weighted by Gasteiger charge is -2.24. The molecule has 0 aliphatic carbocycles. The Morgan fingerprint density at radius 2 is 1.85 bits per heavy atom. The van der Waals surface area contributed by atoms with E-state index in [1.807, 2.05) is 86.3 Å². The van der Waals surface area contributed by atoms with E-state index in [0.717, 1.165) is 47.0 Å². The maximum absolute atomic E-state index is 12.2. The molecule has 1 saturated heterocycles. The number of nitrogens with zero attached hydrogens (tertiary/aromatic N) is 4. The lowest BCUT2D eigenvalue weighted by molar-refractivity contribution is 0.0601. The number of aliphatic imine (C=N–C) groups is 1. The summed E-state index contributed by atoms with van der Waals surface area (Å²) in [5.74, 6) is 2.39. The zero-order chi connectivity index (χ0) is 27.6. The standard InChI is InChI=1S/C30H31ClN4O4/c1-19(32-29(36)38-30(2,3)4)35-15-5-6-26(35)28-33-27(34-39-28)23-10-9-22-17-25(14-11-21(22)16-23)37-18-20-7-12-24(31)13-8-20/h7-14,16-17,26H,5-6,15,18H2,1-4H3/b32-19+/t26-/m0/s1. The van der Waals surface area contributed by atoms with E-state index in [4.69, 9.17) is 30.6 Å². The van der Waals surface area contributed by atoms with E-state index in [2.05, 4.69) is 10.1 Å². The molecule has 0 radical (unpaired) electrons. The van der Waals surface area contributed by atoms with Crippen molar-refractivity contribution in [3.05, 3.63) is 77.1 Å². The number of benzene rings is 3. The van der Waals surface area contributed by atoms with Crippen LogP contribution in [-0.2, 0) is 11.3 Å². The summed E-state index contributed by atoms with van der Waals surface area (Å²) in [6, 6.07) is 19.5. The number of hydrogen-bond acceptors (Lipinski definition) is 6. The maximum Gasteiger partial charge on any atom is 0.435 e. The molecular formula is C30H31ClN4O4. The molecule has 3 aromatic carbocycles. The van der Waals surface area contributed by atoms with E-state index in [1.54, 1.807) is 6.92 Å². The fraction of sp³-hybridized carbons (Fsp3) is 0.333. The summed E-state index contributed by atoms with van der Waals surface area (Å²) in [5, 5.41) is 7.04. The summed E-state index contributed by atoms with van der Waals surface area (Å²) >= 11 is 5.96. The number of hydrogen-bond donors (Lipinski definition) is 0. The molecule has 0 bridgehead atoms. The van der Waals surface area contributed by atoms with Crippen molar-refractivity contribution in [3.8, 4) is 17.1 Å². The zero-order valence-corrected chi connectivity index (χ0v) is 23.2. The third kappa shape index (κ3) is 6.57. The van der Waals surface area contributed by atoms with Crippen LogP contribution >= 0.6 is 11.6 Å². The molecule has 8 nitrogen and oxygen atoms in total. The van der Waals surface area contributed by atoms with E-state index in [0.29, 0.717) is 29.2 Å². The minimum absolute atomic E-state index is 0.141. The van der Waals surface area contributed by atoms with Crippen LogP contribution in [0, 0.1) is 0 Å². The topological polar surface area (TPSA) is 90.0 Å². The zero-order valence-electron chi connectivity index (χ0n) is 22.5. The van der Waals surface area contributed by atoms with Crippen molar-refractivity contribution in [2.24, 2.45) is 4.99 Å². The first-order valence-electron chi connectivity index (χ1n) is 12.9. The second-order valence-corrected chi connectivity index (χ2v) is 11.0. The minimum Gasteiger partial charge on any atom is -0.489 e. The van der Waals surface area contributed by atoms with Crippen LogP contribution in [0.4, 0.5) is 4.79 Å². The number of amides is 1. The van der Waals surface area contributed by atoms with Crippen LogP contribution in [0.1, 0.15) is 58.0 Å². The molecule has 9 heteroatoms. The molecule has 0 unspecified atom stereocenters. The molecule has 1 aromatic heterocycles. The third-order valence-electron chi connectivity index (χ3n) is 6.43. The average molecular weight is 547 g/mol. The Labute approximate surface area is 232 Å². The van der Waals surface area contributed by atoms with Crippen LogP contribution in [0.25, 0.3) is 22.2 Å². The SMILES string of the molecule is C/C(=N\C(=O)OC(C)(C)C)N1CCC[C@H]1c1nc(-c2ccc3cc(OCc4ccc(Cl)cc4)ccc3c2)no1. The first-order chi connectivity index (χ1) is 18.6. The van der Waals surface area contributed by atoms with Crippen molar-refractivity contribution in [1.82, 2.24) is 15.0 Å². The van der Waals surface area contributed by atoms with Crippen LogP contribution in [0.3, 0.4) is 0 Å². The van der Waals surface area contributed by atoms with E-state index in [1.165, 1.54) is 0 Å². The van der Waals surface area contributed by atoms with E-state index in [9.17, 15) is 4.79 Å². The van der Waals surface area contributed by atoms with Gasteiger partial charge in [0.2, 0.25) is 11.7 Å². The molecule has 0 N–H and O–H groups in total. The van der Waals surface area contributed by atoms with Crippen LogP contribution in [0.2, 0.25) is 5.02 Å². The summed E-state index contributed by atoms with van der Waals surface area (Å²) in [6.07, 6.45) is 1.16. The largest absolute Gasteiger partial charge is 0.489 e. The Bertz CT molecular complexity index is 1510. The number of carbonyl (C=O) groups is 1. The number of halogens is 1. The van der Waals surface area contributed by atoms with Gasteiger partial charge in [0.15, 0.2) is 0 Å². The van der Waals surface area contributed by atoms with Gasteiger partial charge in [0.25, 0.3) is 0 Å². The Morgan fingerprint density at radius 3 is 2.62 bits per heavy atom. The molecule has 5 rings (SSSR count). The molecule has 39 heavy (non-hydrogen) atoms. The first-order valence-corrected chi connectivity index (χ1v) is 13.3. The predicted octanol–water partition coefficient (Wildman–Crippen LogP) is 7.61. The van der Waals surface area contributed by atoms with Crippen molar-refractivity contribution >= 4 is 34.3 Å². The third-order valence-corrected chi connectivity index (χ3v) is 6.68. The van der Waals surface area contributed by atoms with Gasteiger partial charge >= 0.3 is 6.09 Å². The quantitative estimate of drug-likeness (QED) is 0.188. The number of aromatic nitrogens is 2. The van der Waals surface area contributed by atoms with Gasteiger partial charge in [0, 0.05) is 17.1 Å². The first kappa shape index (κ1) is 26.7. The van der Waals surface area contributed by atoms with Gasteiger partial charge in [-0.1, -0.05) is 47.1 Å². The second kappa shape index (κ2) is 11.1. The smallest absolute Gasteiger partial charge is 0.435 e. The van der Waals surface area contributed by atoms with Gasteiger partial charge < -0.3 is 18.9 Å². The average Bonchev–Trinajstić information content (AvgIpc) is 3.57. The number of ether oxygens (including phenoxy) is 2. The molecule has 0 spiro atoms. The molecule has 1 fully saturated rings. The van der Waals surface area contributed by atoms with Crippen molar-refractivity contribution in [2.75, 3.05) is 6.54 Å². The number of rotatable bonds is 5. The second-order valence-electron chi connectivity index (χ2n) is 10.6. The van der Waals surface area contributed by atoms with E-state index < -0.39 is 11.7 Å². The van der Waals surface area contributed by atoms with Crippen LogP contribution < -0.4 is 4.74 Å². The number of amidine groups is 1. The molecule has 202 valence electrons. The van der Waals surface area contributed by atoms with E-state index in [-0.39, 0.29) is 6.04 Å². The van der Waals surface area contributed by atoms with Crippen molar-refractivity contribution < 1.29 is 18.8 Å². The highest BCUT2D eigenvalue weighted by Crippen LogP contribution is 2.33. The summed E-state index contributed by atoms with van der Waals surface area (Å²) in [6.45, 7) is 8.46. The highest BCUT2D eigenvalue weighted by atomic mass is 35.5. The van der Waals surface area contributed by atoms with Gasteiger partial charge in [0.05, 0.1) is 0 Å². The molecule has 2 heterocycles. The Balaban J connectivity index is 1.28. The fourth-order valence-electron chi connectivity index (χ4n) is 4.58. The van der Waals surface area contributed by atoms with Crippen LogP contribution in [0.5, 0.6) is 5.75 Å². The lowest BCUT2D eigenvalue weighted by Crippen LogP contribution is -2.30. The van der Waals surface area contributed by atoms with E-state index >= 15 is 0 Å². The molecule has 4 aromatic rings. The van der Waals surface area contributed by atoms with Gasteiger partial charge in [-0.2, -0.15) is 9.98 Å². The van der Waals surface area contributed by atoms with Gasteiger partial charge in [0.1, 0.15) is 29.8 Å². The normalized spacial score (nSPS) is 16.1. The monoisotopic (exact) mass is 546 g/mol. The Hall–Kier alpha value is -3.91. The number of likely N-dealkylation sites (tertiary alicyclic amines) is 1. The van der Waals surface area contributed by atoms with Crippen molar-refractivity contribution in [3.63, 3.8) is 0 Å². The summed E-state index contributed by atoms with van der Waals surface area (Å²) in [7, 11) is 0. The Morgan fingerprint density at radius 1 is 1.10 bits per heavy atom. The molecular weight excluding hydrogens is 516 g/mol. The molecule has 1 aliphatic heterocycles. The van der Waals surface area contributed by atoms with Gasteiger partial charge in [-0.25, -0.2) is 4.79 Å². The molecule has 1 amide bonds. The Kier molecular flexibility index (Phi) is 7.57. The predicted molar refractivity (Wildman–Crippen MR) is 151 cm³/mol. The van der Waals surface area contributed by atoms with Crippen molar-refractivity contribution in [2.45, 2.75) is 58.8 Å². The summed E-state index contributed by atoms with van der Waals surface area (Å²) < 4.78 is 17.0. The number of carbonyl (C=O) groups excluding carboxylic acids is 1. The van der Waals surface area contributed by atoms with Gasteiger partial charge in [-0.3, -0.25) is 0 Å². The maximum atomic E-state index is 12.2. The summed E-state index contributed by atoms with van der Waals surface area (Å²) in [5.41, 5.74) is 1.31. The van der Waals surface area contributed by atoms with Crippen molar-refractivity contribution in [1.29, 1.82) is 0 Å². The molecule has 1 atom stereocenters. The number of fused-ring (bicyclic) bond motifs is 1. The summed E-state index contributed by atoms with van der Waals surface area (Å²) in [4.78, 5) is 23.1. The molecule has 1 aliphatic rings. The van der Waals surface area contributed by atoms with Gasteiger partial charge in [-0.15, -0.1) is 0 Å². The molecule has 0 saturated carbocycles. The highest BCUT2D eigenvalue weighted by Gasteiger charge is 2.32. The van der Waals surface area contributed by atoms with Crippen LogP contribution in [0.15, 0.2) is 70.2 Å².